The van der Waals surface area contributed by atoms with Crippen molar-refractivity contribution in [2.24, 2.45) is 4.99 Å². The summed E-state index contributed by atoms with van der Waals surface area (Å²) < 4.78 is 73.6. The van der Waals surface area contributed by atoms with E-state index in [2.05, 4.69) is 4.99 Å². The van der Waals surface area contributed by atoms with Crippen LogP contribution in [0.25, 0.3) is 0 Å². The SMILES string of the molecule is O=C(/C(C=Nc1ccccc1)=C(\O)C(F)(F)F)C(F)(F)F. The molecule has 3 nitrogen and oxygen atoms in total. The average Bonchev–Trinajstić information content (AvgIpc) is 2.37. The summed E-state index contributed by atoms with van der Waals surface area (Å²) in [5.74, 6) is -5.48. The van der Waals surface area contributed by atoms with Gasteiger partial charge in [-0.2, -0.15) is 26.3 Å². The number of Topliss-reactive ketones (excluding diaryl/α,β-unsaturated/α-hetero) is 1. The minimum Gasteiger partial charge on any atom is -0.504 e. The number of allylic oxidation sites excluding steroid dienone is 2. The molecule has 0 aliphatic carbocycles. The molecule has 0 unspecified atom stereocenters. The zero-order chi connectivity index (χ0) is 16.3. The van der Waals surface area contributed by atoms with Gasteiger partial charge in [-0.25, -0.2) is 0 Å². The lowest BCUT2D eigenvalue weighted by Crippen LogP contribution is -2.29. The maximum Gasteiger partial charge on any atom is 0.455 e. The molecule has 0 aliphatic heterocycles. The third-order valence-corrected chi connectivity index (χ3v) is 2.12. The predicted octanol–water partition coefficient (Wildman–Crippen LogP) is 3.89. The van der Waals surface area contributed by atoms with E-state index in [1.54, 1.807) is 6.07 Å². The minimum atomic E-state index is -5.57. The molecule has 9 heteroatoms. The van der Waals surface area contributed by atoms with E-state index in [9.17, 15) is 31.1 Å². The number of aliphatic hydroxyl groups is 1. The van der Waals surface area contributed by atoms with Crippen LogP contribution in [-0.2, 0) is 4.79 Å². The van der Waals surface area contributed by atoms with Crippen molar-refractivity contribution in [1.29, 1.82) is 0 Å². The molecule has 21 heavy (non-hydrogen) atoms. The highest BCUT2D eigenvalue weighted by atomic mass is 19.4. The Labute approximate surface area is 114 Å². The van der Waals surface area contributed by atoms with Crippen LogP contribution in [0.3, 0.4) is 0 Å². The number of hydrogen-bond donors (Lipinski definition) is 1. The van der Waals surface area contributed by atoms with Gasteiger partial charge in [-0.1, -0.05) is 18.2 Å². The first-order valence-electron chi connectivity index (χ1n) is 5.24. The number of alkyl halides is 6. The van der Waals surface area contributed by atoms with E-state index in [1.807, 2.05) is 0 Å². The molecule has 114 valence electrons. The van der Waals surface area contributed by atoms with Crippen LogP contribution in [0.5, 0.6) is 0 Å². The molecule has 1 N–H and O–H groups in total. The molecule has 0 saturated carbocycles. The second-order valence-electron chi connectivity index (χ2n) is 3.68. The number of carbonyl (C=O) groups excluding carboxylic acids is 1. The number of hydrogen-bond acceptors (Lipinski definition) is 3. The number of nitrogens with zero attached hydrogens (tertiary/aromatic N) is 1. The molecule has 1 rings (SSSR count). The van der Waals surface area contributed by atoms with Crippen LogP contribution in [0.4, 0.5) is 32.0 Å². The van der Waals surface area contributed by atoms with Gasteiger partial charge >= 0.3 is 12.4 Å². The van der Waals surface area contributed by atoms with Crippen LogP contribution in [0, 0.1) is 0 Å². The molecule has 0 spiro atoms. The summed E-state index contributed by atoms with van der Waals surface area (Å²) in [7, 11) is 0. The Morgan fingerprint density at radius 1 is 1.00 bits per heavy atom. The second-order valence-corrected chi connectivity index (χ2v) is 3.68. The molecule has 0 saturated heterocycles. The van der Waals surface area contributed by atoms with Crippen molar-refractivity contribution < 1.29 is 36.2 Å². The van der Waals surface area contributed by atoms with Crippen LogP contribution in [0.1, 0.15) is 0 Å². The summed E-state index contributed by atoms with van der Waals surface area (Å²) in [5.41, 5.74) is -1.96. The van der Waals surface area contributed by atoms with Crippen molar-refractivity contribution >= 4 is 17.7 Å². The summed E-state index contributed by atoms with van der Waals surface area (Å²) in [5, 5.41) is 8.80. The predicted molar refractivity (Wildman–Crippen MR) is 61.4 cm³/mol. The van der Waals surface area contributed by atoms with Gasteiger partial charge < -0.3 is 5.11 Å². The molecule has 0 aliphatic rings. The van der Waals surface area contributed by atoms with Crippen LogP contribution < -0.4 is 0 Å². The third kappa shape index (κ3) is 4.62. The highest BCUT2D eigenvalue weighted by Gasteiger charge is 2.46. The summed E-state index contributed by atoms with van der Waals surface area (Å²) >= 11 is 0. The minimum absolute atomic E-state index is 0.0138. The van der Waals surface area contributed by atoms with E-state index < -0.39 is 29.5 Å². The van der Waals surface area contributed by atoms with Crippen molar-refractivity contribution in [3.05, 3.63) is 41.7 Å². The van der Waals surface area contributed by atoms with Crippen LogP contribution in [-0.4, -0.2) is 29.5 Å². The van der Waals surface area contributed by atoms with Crippen molar-refractivity contribution in [1.82, 2.24) is 0 Å². The molecule has 0 fully saturated rings. The fourth-order valence-corrected chi connectivity index (χ4v) is 1.19. The largest absolute Gasteiger partial charge is 0.504 e. The van der Waals surface area contributed by atoms with E-state index >= 15 is 0 Å². The molecule has 0 atom stereocenters. The van der Waals surface area contributed by atoms with Crippen LogP contribution in [0.15, 0.2) is 46.7 Å². The monoisotopic (exact) mass is 311 g/mol. The molecule has 1 aromatic rings. The van der Waals surface area contributed by atoms with E-state index in [0.29, 0.717) is 0 Å². The van der Waals surface area contributed by atoms with Gasteiger partial charge in [0.25, 0.3) is 5.78 Å². The van der Waals surface area contributed by atoms with Gasteiger partial charge in [0.15, 0.2) is 0 Å². The average molecular weight is 311 g/mol. The van der Waals surface area contributed by atoms with E-state index in [0.717, 1.165) is 0 Å². The number of aliphatic imine (C=N–C) groups is 1. The third-order valence-electron chi connectivity index (χ3n) is 2.12. The quantitative estimate of drug-likeness (QED) is 0.398. The molecule has 0 amide bonds. The van der Waals surface area contributed by atoms with Gasteiger partial charge in [-0.15, -0.1) is 0 Å². The number of halogens is 6. The smallest absolute Gasteiger partial charge is 0.455 e. The van der Waals surface area contributed by atoms with Crippen molar-refractivity contribution in [2.45, 2.75) is 12.4 Å². The Kier molecular flexibility index (Phi) is 4.77. The van der Waals surface area contributed by atoms with Crippen molar-refractivity contribution in [3.8, 4) is 0 Å². The van der Waals surface area contributed by atoms with Gasteiger partial charge in [0.1, 0.15) is 0 Å². The number of aliphatic hydroxyl groups excluding tert-OH is 1. The van der Waals surface area contributed by atoms with Crippen molar-refractivity contribution in [3.63, 3.8) is 0 Å². The van der Waals surface area contributed by atoms with Crippen LogP contribution in [0.2, 0.25) is 0 Å². The lowest BCUT2D eigenvalue weighted by atomic mass is 10.1. The van der Waals surface area contributed by atoms with E-state index in [-0.39, 0.29) is 11.9 Å². The highest BCUT2D eigenvalue weighted by molar-refractivity contribution is 6.16. The Morgan fingerprint density at radius 3 is 1.95 bits per heavy atom. The Hall–Kier alpha value is -2.32. The summed E-state index contributed by atoms with van der Waals surface area (Å²) in [4.78, 5) is 14.3. The number of rotatable bonds is 3. The Bertz CT molecular complexity index is 572. The zero-order valence-electron chi connectivity index (χ0n) is 10.0. The number of ketones is 1. The highest BCUT2D eigenvalue weighted by Crippen LogP contribution is 2.29. The molecular weight excluding hydrogens is 304 g/mol. The van der Waals surface area contributed by atoms with Gasteiger partial charge in [-0.05, 0) is 12.1 Å². The summed E-state index contributed by atoms with van der Waals surface area (Å²) in [6.07, 6.45) is -11.0. The summed E-state index contributed by atoms with van der Waals surface area (Å²) in [6.45, 7) is 0. The fraction of sp³-hybridized carbons (Fsp3) is 0.167. The van der Waals surface area contributed by atoms with Gasteiger partial charge in [-0.3, -0.25) is 9.79 Å². The van der Waals surface area contributed by atoms with Gasteiger partial charge in [0.05, 0.1) is 11.3 Å². The topological polar surface area (TPSA) is 49.7 Å². The first kappa shape index (κ1) is 16.7. The second kappa shape index (κ2) is 5.98. The maximum atomic E-state index is 12.3. The van der Waals surface area contributed by atoms with E-state index in [1.165, 1.54) is 24.3 Å². The van der Waals surface area contributed by atoms with E-state index in [4.69, 9.17) is 5.11 Å². The molecule has 0 radical (unpaired) electrons. The molecule has 0 bridgehead atoms. The lowest BCUT2D eigenvalue weighted by molar-refractivity contribution is -0.167. The first-order valence-corrected chi connectivity index (χ1v) is 5.24. The van der Waals surface area contributed by atoms with Crippen molar-refractivity contribution in [2.75, 3.05) is 0 Å². The first-order chi connectivity index (χ1) is 9.53. The van der Waals surface area contributed by atoms with Gasteiger partial charge in [0, 0.05) is 6.21 Å². The summed E-state index contributed by atoms with van der Waals surface area (Å²) in [6, 6.07) is 6.99. The van der Waals surface area contributed by atoms with Gasteiger partial charge in [0.2, 0.25) is 5.76 Å². The maximum absolute atomic E-state index is 12.3. The Morgan fingerprint density at radius 2 is 1.52 bits per heavy atom. The molecule has 1 aromatic carbocycles. The zero-order valence-corrected chi connectivity index (χ0v) is 10.0. The Balaban J connectivity index is 3.28. The molecule has 0 heterocycles. The number of benzene rings is 1. The molecule has 0 aromatic heterocycles. The lowest BCUT2D eigenvalue weighted by Gasteiger charge is -2.10. The fourth-order valence-electron chi connectivity index (χ4n) is 1.19. The normalized spacial score (nSPS) is 14.2. The molecular formula is C12H7F6NO2. The number of para-hydroxylation sites is 1. The van der Waals surface area contributed by atoms with Crippen LogP contribution >= 0.6 is 0 Å². The standard InChI is InChI=1S/C12H7F6NO2/c13-11(14,15)9(20)8(10(21)12(16,17)18)6-19-7-4-2-1-3-5-7/h1-6,20H/b9-8-,19-6?. The number of carbonyl (C=O) groups is 1.